The molecule has 1 rings (SSSR count). The fourth-order valence-corrected chi connectivity index (χ4v) is 1.56. The van der Waals surface area contributed by atoms with E-state index >= 15 is 0 Å². The van der Waals surface area contributed by atoms with Crippen molar-refractivity contribution < 1.29 is 0 Å². The Labute approximate surface area is 113 Å². The maximum Gasteiger partial charge on any atom is 0.228 e. The van der Waals surface area contributed by atoms with Gasteiger partial charge >= 0.3 is 0 Å². The van der Waals surface area contributed by atoms with Gasteiger partial charge in [0.1, 0.15) is 0 Å². The summed E-state index contributed by atoms with van der Waals surface area (Å²) in [5, 5.41) is 3.20. The van der Waals surface area contributed by atoms with Gasteiger partial charge in [0.15, 0.2) is 0 Å². The molecule has 3 N–H and O–H groups in total. The largest absolute Gasteiger partial charge is 0.368 e. The smallest absolute Gasteiger partial charge is 0.228 e. The van der Waals surface area contributed by atoms with Crippen LogP contribution in [0, 0.1) is 0 Å². The summed E-state index contributed by atoms with van der Waals surface area (Å²) in [5.41, 5.74) is 5.47. The van der Waals surface area contributed by atoms with Crippen LogP contribution in [0.4, 0.5) is 11.9 Å². The maximum absolute atomic E-state index is 5.68. The third-order valence-corrected chi connectivity index (χ3v) is 2.90. The summed E-state index contributed by atoms with van der Waals surface area (Å²) < 4.78 is 0. The predicted octanol–water partition coefficient (Wildman–Crippen LogP) is 1.64. The molecule has 0 saturated heterocycles. The van der Waals surface area contributed by atoms with E-state index in [0.717, 1.165) is 25.9 Å². The molecule has 1 aromatic rings. The van der Waals surface area contributed by atoms with Crippen LogP contribution in [0.15, 0.2) is 0 Å². The molecular formula is C11H21ClN6. The first-order chi connectivity index (χ1) is 8.49. The van der Waals surface area contributed by atoms with Gasteiger partial charge in [-0.3, -0.25) is 0 Å². The Morgan fingerprint density at radius 1 is 1.28 bits per heavy atom. The lowest BCUT2D eigenvalue weighted by atomic mass is 10.2. The number of rotatable bonds is 7. The summed E-state index contributed by atoms with van der Waals surface area (Å²) in [6.45, 7) is 6.26. The van der Waals surface area contributed by atoms with Crippen LogP contribution < -0.4 is 11.1 Å². The van der Waals surface area contributed by atoms with E-state index < -0.39 is 0 Å². The average molecular weight is 273 g/mol. The Balaban J connectivity index is 2.22. The molecule has 102 valence electrons. The lowest BCUT2D eigenvalue weighted by molar-refractivity contribution is 0.269. The SMILES string of the molecule is CC(C)N(C)CCCCNc1nc(N)nc(Cl)n1. The van der Waals surface area contributed by atoms with Crippen LogP contribution in [-0.2, 0) is 0 Å². The van der Waals surface area contributed by atoms with Gasteiger partial charge in [0, 0.05) is 12.6 Å². The lowest BCUT2D eigenvalue weighted by Crippen LogP contribution is -2.27. The molecule has 0 aliphatic rings. The van der Waals surface area contributed by atoms with Gasteiger partial charge in [-0.25, -0.2) is 0 Å². The molecule has 0 saturated carbocycles. The van der Waals surface area contributed by atoms with Crippen molar-refractivity contribution in [1.29, 1.82) is 0 Å². The van der Waals surface area contributed by atoms with E-state index in [-0.39, 0.29) is 11.2 Å². The highest BCUT2D eigenvalue weighted by atomic mass is 35.5. The third kappa shape index (κ3) is 5.46. The lowest BCUT2D eigenvalue weighted by Gasteiger charge is -2.20. The van der Waals surface area contributed by atoms with E-state index in [9.17, 15) is 0 Å². The molecule has 18 heavy (non-hydrogen) atoms. The van der Waals surface area contributed by atoms with Gasteiger partial charge in [-0.15, -0.1) is 0 Å². The fourth-order valence-electron chi connectivity index (χ4n) is 1.39. The second-order valence-electron chi connectivity index (χ2n) is 4.49. The molecule has 0 fully saturated rings. The van der Waals surface area contributed by atoms with Gasteiger partial charge in [0.05, 0.1) is 0 Å². The molecule has 0 atom stereocenters. The van der Waals surface area contributed by atoms with Crippen LogP contribution in [0.25, 0.3) is 0 Å². The first kappa shape index (κ1) is 14.9. The third-order valence-electron chi connectivity index (χ3n) is 2.73. The molecule has 1 heterocycles. The van der Waals surface area contributed by atoms with E-state index in [1.165, 1.54) is 0 Å². The quantitative estimate of drug-likeness (QED) is 0.735. The van der Waals surface area contributed by atoms with Crippen LogP contribution in [0.5, 0.6) is 0 Å². The van der Waals surface area contributed by atoms with Crippen molar-refractivity contribution in [2.45, 2.75) is 32.7 Å². The van der Waals surface area contributed by atoms with E-state index in [4.69, 9.17) is 17.3 Å². The molecule has 7 heteroatoms. The molecule has 0 spiro atoms. The molecule has 0 bridgehead atoms. The second-order valence-corrected chi connectivity index (χ2v) is 4.83. The highest BCUT2D eigenvalue weighted by Crippen LogP contribution is 2.07. The van der Waals surface area contributed by atoms with E-state index in [1.54, 1.807) is 0 Å². The van der Waals surface area contributed by atoms with Crippen LogP contribution >= 0.6 is 11.6 Å². The second kappa shape index (κ2) is 7.33. The van der Waals surface area contributed by atoms with Crippen molar-refractivity contribution in [3.8, 4) is 0 Å². The van der Waals surface area contributed by atoms with Crippen LogP contribution in [-0.4, -0.2) is 46.0 Å². The Kier molecular flexibility index (Phi) is 6.07. The first-order valence-electron chi connectivity index (χ1n) is 6.10. The molecule has 0 amide bonds. The summed E-state index contributed by atoms with van der Waals surface area (Å²) in [4.78, 5) is 13.9. The number of halogens is 1. The maximum atomic E-state index is 5.68. The summed E-state index contributed by atoms with van der Waals surface area (Å²) in [5.74, 6) is 0.571. The number of aromatic nitrogens is 3. The molecule has 0 aromatic carbocycles. The number of anilines is 2. The van der Waals surface area contributed by atoms with Crippen LogP contribution in [0.3, 0.4) is 0 Å². The first-order valence-corrected chi connectivity index (χ1v) is 6.48. The van der Waals surface area contributed by atoms with Gasteiger partial charge in [-0.2, -0.15) is 15.0 Å². The van der Waals surface area contributed by atoms with Gasteiger partial charge in [0.2, 0.25) is 17.2 Å². The van der Waals surface area contributed by atoms with Crippen molar-refractivity contribution in [3.63, 3.8) is 0 Å². The molecule has 6 nitrogen and oxygen atoms in total. The van der Waals surface area contributed by atoms with Gasteiger partial charge in [0.25, 0.3) is 0 Å². The topological polar surface area (TPSA) is 80.0 Å². The van der Waals surface area contributed by atoms with Crippen molar-refractivity contribution >= 4 is 23.5 Å². The zero-order chi connectivity index (χ0) is 13.5. The highest BCUT2D eigenvalue weighted by Gasteiger charge is 2.03. The summed E-state index contributed by atoms with van der Waals surface area (Å²) in [6.07, 6.45) is 2.16. The zero-order valence-corrected chi connectivity index (χ0v) is 11.9. The normalized spacial score (nSPS) is 11.2. The number of nitrogens with one attached hydrogen (secondary N) is 1. The zero-order valence-electron chi connectivity index (χ0n) is 11.1. The molecular weight excluding hydrogens is 252 g/mol. The summed E-state index contributed by atoms with van der Waals surface area (Å²) >= 11 is 5.68. The van der Waals surface area contributed by atoms with Gasteiger partial charge in [-0.05, 0) is 51.9 Å². The van der Waals surface area contributed by atoms with Gasteiger partial charge in [-0.1, -0.05) is 0 Å². The van der Waals surface area contributed by atoms with Crippen molar-refractivity contribution in [2.24, 2.45) is 0 Å². The van der Waals surface area contributed by atoms with Crippen LogP contribution in [0.2, 0.25) is 5.28 Å². The minimum atomic E-state index is 0.115. The van der Waals surface area contributed by atoms with Crippen molar-refractivity contribution in [3.05, 3.63) is 5.28 Å². The monoisotopic (exact) mass is 272 g/mol. The Morgan fingerprint density at radius 2 is 2.00 bits per heavy atom. The van der Waals surface area contributed by atoms with Crippen molar-refractivity contribution in [2.75, 3.05) is 31.2 Å². The molecule has 1 aromatic heterocycles. The minimum absolute atomic E-state index is 0.115. The van der Waals surface area contributed by atoms with E-state index in [1.807, 2.05) is 0 Å². The fraction of sp³-hybridized carbons (Fsp3) is 0.727. The van der Waals surface area contributed by atoms with E-state index in [2.05, 4.69) is 46.1 Å². The summed E-state index contributed by atoms with van der Waals surface area (Å²) in [6, 6.07) is 0.583. The highest BCUT2D eigenvalue weighted by molar-refractivity contribution is 6.28. The molecule has 0 aliphatic heterocycles. The van der Waals surface area contributed by atoms with E-state index in [0.29, 0.717) is 12.0 Å². The number of hydrogen-bond acceptors (Lipinski definition) is 6. The number of nitrogens with zero attached hydrogens (tertiary/aromatic N) is 4. The van der Waals surface area contributed by atoms with Crippen LogP contribution in [0.1, 0.15) is 26.7 Å². The minimum Gasteiger partial charge on any atom is -0.368 e. The van der Waals surface area contributed by atoms with Crippen molar-refractivity contribution in [1.82, 2.24) is 19.9 Å². The predicted molar refractivity (Wildman–Crippen MR) is 74.7 cm³/mol. The molecule has 0 radical (unpaired) electrons. The standard InChI is InChI=1S/C11H21ClN6/c1-8(2)18(3)7-5-4-6-14-11-16-9(12)15-10(13)17-11/h8H,4-7H2,1-3H3,(H3,13,14,15,16,17). The Hall–Kier alpha value is -1.14. The molecule has 0 aliphatic carbocycles. The Morgan fingerprint density at radius 3 is 2.61 bits per heavy atom. The average Bonchev–Trinajstić information content (AvgIpc) is 2.26. The summed E-state index contributed by atoms with van der Waals surface area (Å²) in [7, 11) is 2.13. The molecule has 0 unspecified atom stereocenters. The van der Waals surface area contributed by atoms with Gasteiger partial charge < -0.3 is 16.0 Å². The number of nitrogen functional groups attached to an aromatic ring is 1. The Bertz CT molecular complexity index is 350. The number of nitrogens with two attached hydrogens (primary N) is 1. The number of hydrogen-bond donors (Lipinski definition) is 2. The number of unbranched alkanes of at least 4 members (excludes halogenated alkanes) is 1.